The lowest BCUT2D eigenvalue weighted by molar-refractivity contribution is -0.125. The van der Waals surface area contributed by atoms with Crippen LogP contribution in [0.5, 0.6) is 0 Å². The highest BCUT2D eigenvalue weighted by atomic mass is 79.9. The lowest BCUT2D eigenvalue weighted by Crippen LogP contribution is -2.36. The van der Waals surface area contributed by atoms with Crippen LogP contribution in [0.4, 0.5) is 0 Å². The first-order valence-corrected chi connectivity index (χ1v) is 7.99. The Morgan fingerprint density at radius 3 is 2.65 bits per heavy atom. The van der Waals surface area contributed by atoms with Gasteiger partial charge in [0.25, 0.3) is 0 Å². The minimum absolute atomic E-state index is 0.0427. The number of carbonyl (C=O) groups excluding carboxylic acids is 1. The van der Waals surface area contributed by atoms with Crippen molar-refractivity contribution in [2.75, 3.05) is 20.1 Å². The Labute approximate surface area is 130 Å². The van der Waals surface area contributed by atoms with Crippen molar-refractivity contribution >= 4 is 21.8 Å². The number of hydrogen-bond acceptors (Lipinski definition) is 2. The molecule has 0 spiro atoms. The molecule has 3 nitrogen and oxygen atoms in total. The second kappa shape index (κ2) is 9.14. The molecule has 1 amide bonds. The Hall–Kier alpha value is -0.870. The van der Waals surface area contributed by atoms with Gasteiger partial charge in [0.05, 0.1) is 0 Å². The van der Waals surface area contributed by atoms with Crippen molar-refractivity contribution < 1.29 is 4.79 Å². The number of amides is 1. The first kappa shape index (κ1) is 17.2. The third-order valence-corrected chi connectivity index (χ3v) is 3.67. The van der Waals surface area contributed by atoms with Crippen LogP contribution in [0, 0.1) is 11.8 Å². The lowest BCUT2D eigenvalue weighted by atomic mass is 9.90. The molecule has 0 bridgehead atoms. The molecule has 0 heterocycles. The topological polar surface area (TPSA) is 41.1 Å². The average Bonchev–Trinajstić information content (AvgIpc) is 2.37. The minimum atomic E-state index is 0.0427. The predicted molar refractivity (Wildman–Crippen MR) is 87.7 cm³/mol. The maximum atomic E-state index is 12.3. The fourth-order valence-electron chi connectivity index (χ4n) is 2.26. The molecule has 0 aliphatic carbocycles. The Morgan fingerprint density at radius 2 is 2.05 bits per heavy atom. The quantitative estimate of drug-likeness (QED) is 0.714. The van der Waals surface area contributed by atoms with Gasteiger partial charge in [0, 0.05) is 23.5 Å². The molecule has 0 aliphatic heterocycles. The third-order valence-electron chi connectivity index (χ3n) is 3.17. The van der Waals surface area contributed by atoms with Gasteiger partial charge in [0.2, 0.25) is 5.91 Å². The van der Waals surface area contributed by atoms with Crippen LogP contribution in [-0.2, 0) is 11.2 Å². The van der Waals surface area contributed by atoms with E-state index in [1.54, 1.807) is 0 Å². The summed E-state index contributed by atoms with van der Waals surface area (Å²) in [6.45, 7) is 5.81. The molecule has 1 aromatic carbocycles. The highest BCUT2D eigenvalue weighted by Crippen LogP contribution is 2.20. The highest BCUT2D eigenvalue weighted by molar-refractivity contribution is 9.10. The maximum Gasteiger partial charge on any atom is 0.223 e. The molecule has 1 rings (SSSR count). The summed E-state index contributed by atoms with van der Waals surface area (Å²) in [5.74, 6) is 0.720. The van der Waals surface area contributed by atoms with Crippen molar-refractivity contribution in [3.05, 3.63) is 34.3 Å². The molecule has 112 valence electrons. The van der Waals surface area contributed by atoms with E-state index in [1.165, 1.54) is 5.56 Å². The lowest BCUT2D eigenvalue weighted by Gasteiger charge is -2.19. The van der Waals surface area contributed by atoms with E-state index in [0.29, 0.717) is 12.5 Å². The number of benzene rings is 1. The van der Waals surface area contributed by atoms with Gasteiger partial charge < -0.3 is 10.6 Å². The summed E-state index contributed by atoms with van der Waals surface area (Å²) in [5.41, 5.74) is 1.20. The van der Waals surface area contributed by atoms with Gasteiger partial charge in [0.1, 0.15) is 0 Å². The van der Waals surface area contributed by atoms with Gasteiger partial charge in [-0.15, -0.1) is 0 Å². The van der Waals surface area contributed by atoms with Crippen LogP contribution in [0.3, 0.4) is 0 Å². The van der Waals surface area contributed by atoms with E-state index in [-0.39, 0.29) is 11.8 Å². The molecule has 2 N–H and O–H groups in total. The summed E-state index contributed by atoms with van der Waals surface area (Å²) >= 11 is 3.48. The molecule has 1 atom stereocenters. The van der Waals surface area contributed by atoms with Crippen molar-refractivity contribution in [3.8, 4) is 0 Å². The van der Waals surface area contributed by atoms with Gasteiger partial charge in [-0.05, 0) is 43.5 Å². The van der Waals surface area contributed by atoms with Crippen molar-refractivity contribution in [2.24, 2.45) is 11.8 Å². The van der Waals surface area contributed by atoms with Crippen molar-refractivity contribution in [1.29, 1.82) is 0 Å². The summed E-state index contributed by atoms with van der Waals surface area (Å²) in [4.78, 5) is 12.3. The van der Waals surface area contributed by atoms with E-state index in [1.807, 2.05) is 19.2 Å². The number of halogens is 1. The van der Waals surface area contributed by atoms with E-state index in [2.05, 4.69) is 52.5 Å². The molecule has 1 unspecified atom stereocenters. The smallest absolute Gasteiger partial charge is 0.223 e. The summed E-state index contributed by atoms with van der Waals surface area (Å²) in [6, 6.07) is 8.20. The highest BCUT2D eigenvalue weighted by Gasteiger charge is 2.20. The number of carbonyl (C=O) groups is 1. The van der Waals surface area contributed by atoms with Gasteiger partial charge in [-0.1, -0.05) is 41.9 Å². The molecule has 0 saturated carbocycles. The molecule has 0 radical (unpaired) electrons. The summed E-state index contributed by atoms with van der Waals surface area (Å²) < 4.78 is 1.06. The first-order valence-electron chi connectivity index (χ1n) is 7.19. The zero-order valence-corrected chi connectivity index (χ0v) is 14.2. The van der Waals surface area contributed by atoms with Crippen molar-refractivity contribution in [3.63, 3.8) is 0 Å². The molecular weight excluding hydrogens is 316 g/mol. The Morgan fingerprint density at radius 1 is 1.30 bits per heavy atom. The average molecular weight is 341 g/mol. The van der Waals surface area contributed by atoms with Crippen molar-refractivity contribution in [2.45, 2.75) is 26.7 Å². The van der Waals surface area contributed by atoms with E-state index in [0.717, 1.165) is 23.9 Å². The van der Waals surface area contributed by atoms with Gasteiger partial charge in [-0.2, -0.15) is 0 Å². The molecule has 0 saturated heterocycles. The molecular formula is C16H25BrN2O. The minimum Gasteiger partial charge on any atom is -0.355 e. The second-order valence-corrected chi connectivity index (χ2v) is 6.47. The summed E-state index contributed by atoms with van der Waals surface area (Å²) in [5, 5.41) is 6.05. The third kappa shape index (κ3) is 6.53. The molecule has 20 heavy (non-hydrogen) atoms. The van der Waals surface area contributed by atoms with Crippen molar-refractivity contribution in [1.82, 2.24) is 10.6 Å². The number of rotatable bonds is 8. The van der Waals surface area contributed by atoms with Gasteiger partial charge in [0.15, 0.2) is 0 Å². The number of hydrogen-bond donors (Lipinski definition) is 2. The van der Waals surface area contributed by atoms with Crippen LogP contribution in [0.15, 0.2) is 28.7 Å². The second-order valence-electron chi connectivity index (χ2n) is 5.56. The molecule has 4 heteroatoms. The molecule has 0 aliphatic rings. The van der Waals surface area contributed by atoms with E-state index in [9.17, 15) is 4.79 Å². The molecule has 0 fully saturated rings. The fraction of sp³-hybridized carbons (Fsp3) is 0.562. The largest absolute Gasteiger partial charge is 0.355 e. The summed E-state index contributed by atoms with van der Waals surface area (Å²) in [6.07, 6.45) is 1.71. The Kier molecular flexibility index (Phi) is 7.85. The zero-order valence-electron chi connectivity index (χ0n) is 12.6. The van der Waals surface area contributed by atoms with E-state index < -0.39 is 0 Å². The monoisotopic (exact) mass is 340 g/mol. The standard InChI is InChI=1S/C16H25BrN2O/c1-12(2)9-14(16(20)19-8-7-18-3)10-13-5-4-6-15(17)11-13/h4-6,11-12,14,18H,7-10H2,1-3H3,(H,19,20). The van der Waals surface area contributed by atoms with E-state index >= 15 is 0 Å². The Balaban J connectivity index is 2.66. The Bertz CT molecular complexity index is 421. The first-order chi connectivity index (χ1) is 9.52. The van der Waals surface area contributed by atoms with E-state index in [4.69, 9.17) is 0 Å². The number of nitrogens with one attached hydrogen (secondary N) is 2. The molecule has 0 aromatic heterocycles. The van der Waals surface area contributed by atoms with Crippen LogP contribution < -0.4 is 10.6 Å². The van der Waals surface area contributed by atoms with Crippen LogP contribution >= 0.6 is 15.9 Å². The fourth-order valence-corrected chi connectivity index (χ4v) is 2.70. The van der Waals surface area contributed by atoms with Crippen LogP contribution in [0.25, 0.3) is 0 Å². The number of likely N-dealkylation sites (N-methyl/N-ethyl adjacent to an activating group) is 1. The van der Waals surface area contributed by atoms with Gasteiger partial charge in [-0.3, -0.25) is 4.79 Å². The zero-order chi connectivity index (χ0) is 15.0. The van der Waals surface area contributed by atoms with Gasteiger partial charge >= 0.3 is 0 Å². The van der Waals surface area contributed by atoms with Crippen LogP contribution in [0.2, 0.25) is 0 Å². The normalized spacial score (nSPS) is 12.4. The van der Waals surface area contributed by atoms with Gasteiger partial charge in [-0.25, -0.2) is 0 Å². The predicted octanol–water partition coefficient (Wildman–Crippen LogP) is 2.99. The van der Waals surface area contributed by atoms with Crippen LogP contribution in [0.1, 0.15) is 25.8 Å². The SMILES string of the molecule is CNCCNC(=O)C(Cc1cccc(Br)c1)CC(C)C. The maximum absolute atomic E-state index is 12.3. The van der Waals surface area contributed by atoms with Crippen LogP contribution in [-0.4, -0.2) is 26.0 Å². The molecule has 1 aromatic rings. The summed E-state index contributed by atoms with van der Waals surface area (Å²) in [7, 11) is 1.89.